The van der Waals surface area contributed by atoms with Gasteiger partial charge in [-0.15, -0.1) is 0 Å². The van der Waals surface area contributed by atoms with Gasteiger partial charge in [0, 0.05) is 13.1 Å². The Labute approximate surface area is 123 Å². The van der Waals surface area contributed by atoms with Gasteiger partial charge in [0.2, 0.25) is 0 Å². The fraction of sp³-hybridized carbons (Fsp3) is 0.500. The van der Waals surface area contributed by atoms with Crippen LogP contribution in [0.3, 0.4) is 0 Å². The highest BCUT2D eigenvalue weighted by Gasteiger charge is 2.28. The summed E-state index contributed by atoms with van der Waals surface area (Å²) in [4.78, 5) is 0. The quantitative estimate of drug-likeness (QED) is 0.888. The topological polar surface area (TPSA) is 75.4 Å². The van der Waals surface area contributed by atoms with E-state index in [2.05, 4.69) is 4.72 Å². The molecule has 0 bridgehead atoms. The Hall–Kier alpha value is -0.890. The molecule has 0 aliphatic carbocycles. The van der Waals surface area contributed by atoms with Crippen LogP contribution in [0.15, 0.2) is 18.2 Å². The second-order valence-corrected chi connectivity index (χ2v) is 6.92. The van der Waals surface area contributed by atoms with E-state index in [4.69, 9.17) is 17.3 Å². The molecule has 1 fully saturated rings. The van der Waals surface area contributed by atoms with Crippen LogP contribution in [0, 0.1) is 11.7 Å². The summed E-state index contributed by atoms with van der Waals surface area (Å²) < 4.78 is 41.5. The van der Waals surface area contributed by atoms with Gasteiger partial charge in [0.1, 0.15) is 5.82 Å². The van der Waals surface area contributed by atoms with E-state index in [0.717, 1.165) is 18.9 Å². The van der Waals surface area contributed by atoms with E-state index in [9.17, 15) is 12.8 Å². The largest absolute Gasteiger partial charge is 0.330 e. The Morgan fingerprint density at radius 3 is 2.90 bits per heavy atom. The van der Waals surface area contributed by atoms with Gasteiger partial charge in [-0.1, -0.05) is 11.6 Å². The molecule has 1 aliphatic rings. The first-order chi connectivity index (χ1) is 9.42. The standard InChI is InChI=1S/C12H17ClFN3O2S/c13-11-4-3-10(6-12(11)14)16-20(18,19)17-5-1-2-9(7-15)8-17/h3-4,6,9,16H,1-2,5,7-8,15H2. The van der Waals surface area contributed by atoms with Crippen molar-refractivity contribution in [1.29, 1.82) is 0 Å². The molecule has 1 saturated heterocycles. The maximum absolute atomic E-state index is 13.3. The lowest BCUT2D eigenvalue weighted by molar-refractivity contribution is 0.273. The number of nitrogens with zero attached hydrogens (tertiary/aromatic N) is 1. The molecular weight excluding hydrogens is 305 g/mol. The van der Waals surface area contributed by atoms with E-state index in [1.807, 2.05) is 0 Å². The molecule has 1 atom stereocenters. The molecule has 2 rings (SSSR count). The summed E-state index contributed by atoms with van der Waals surface area (Å²) in [7, 11) is -3.69. The zero-order valence-corrected chi connectivity index (χ0v) is 12.4. The average Bonchev–Trinajstić information content (AvgIpc) is 2.43. The first-order valence-electron chi connectivity index (χ1n) is 6.35. The molecule has 1 aromatic carbocycles. The van der Waals surface area contributed by atoms with Crippen molar-refractivity contribution in [3.8, 4) is 0 Å². The molecule has 1 heterocycles. The predicted molar refractivity (Wildman–Crippen MR) is 77.3 cm³/mol. The Morgan fingerprint density at radius 1 is 1.50 bits per heavy atom. The van der Waals surface area contributed by atoms with Crippen LogP contribution in [0.25, 0.3) is 0 Å². The number of hydrogen-bond donors (Lipinski definition) is 2. The molecule has 0 aromatic heterocycles. The second kappa shape index (κ2) is 6.26. The molecule has 8 heteroatoms. The summed E-state index contributed by atoms with van der Waals surface area (Å²) in [5, 5.41) is -0.0471. The van der Waals surface area contributed by atoms with Crippen molar-refractivity contribution in [3.63, 3.8) is 0 Å². The summed E-state index contributed by atoms with van der Waals surface area (Å²) >= 11 is 5.56. The minimum atomic E-state index is -3.69. The highest BCUT2D eigenvalue weighted by atomic mass is 35.5. The van der Waals surface area contributed by atoms with Crippen molar-refractivity contribution >= 4 is 27.5 Å². The molecule has 0 amide bonds. The Morgan fingerprint density at radius 2 is 2.25 bits per heavy atom. The van der Waals surface area contributed by atoms with Gasteiger partial charge < -0.3 is 5.73 Å². The Kier molecular flexibility index (Phi) is 4.85. The van der Waals surface area contributed by atoms with Gasteiger partial charge in [0.25, 0.3) is 0 Å². The third-order valence-corrected chi connectivity index (χ3v) is 5.13. The number of rotatable bonds is 4. The fourth-order valence-corrected chi connectivity index (χ4v) is 3.66. The van der Waals surface area contributed by atoms with Crippen LogP contribution in [0.4, 0.5) is 10.1 Å². The number of piperidine rings is 1. The molecule has 1 aliphatic heterocycles. The number of benzene rings is 1. The molecule has 112 valence electrons. The molecular formula is C12H17ClFN3O2S. The molecule has 1 unspecified atom stereocenters. The van der Waals surface area contributed by atoms with E-state index >= 15 is 0 Å². The van der Waals surface area contributed by atoms with Gasteiger partial charge in [-0.25, -0.2) is 4.39 Å². The first kappa shape index (κ1) is 15.5. The summed E-state index contributed by atoms with van der Waals surface area (Å²) in [5.74, 6) is -0.493. The lowest BCUT2D eigenvalue weighted by atomic mass is 10.0. The fourth-order valence-electron chi connectivity index (χ4n) is 2.21. The SMILES string of the molecule is NCC1CCCN(S(=O)(=O)Nc2ccc(Cl)c(F)c2)C1. The monoisotopic (exact) mass is 321 g/mol. The highest BCUT2D eigenvalue weighted by Crippen LogP contribution is 2.22. The first-order valence-corrected chi connectivity index (χ1v) is 8.17. The van der Waals surface area contributed by atoms with Gasteiger partial charge in [-0.05, 0) is 43.5 Å². The number of halogens is 2. The van der Waals surface area contributed by atoms with Crippen LogP contribution < -0.4 is 10.5 Å². The summed E-state index contributed by atoms with van der Waals surface area (Å²) in [6, 6.07) is 3.80. The minimum Gasteiger partial charge on any atom is -0.330 e. The van der Waals surface area contributed by atoms with E-state index in [-0.39, 0.29) is 16.6 Å². The maximum Gasteiger partial charge on any atom is 0.301 e. The van der Waals surface area contributed by atoms with E-state index in [1.165, 1.54) is 16.4 Å². The van der Waals surface area contributed by atoms with Crippen molar-refractivity contribution in [2.75, 3.05) is 24.4 Å². The van der Waals surface area contributed by atoms with Crippen LogP contribution in [0.1, 0.15) is 12.8 Å². The smallest absolute Gasteiger partial charge is 0.301 e. The highest BCUT2D eigenvalue weighted by molar-refractivity contribution is 7.90. The molecule has 1 aromatic rings. The Balaban J connectivity index is 2.12. The number of anilines is 1. The van der Waals surface area contributed by atoms with Gasteiger partial charge in [-0.3, -0.25) is 4.72 Å². The summed E-state index contributed by atoms with van der Waals surface area (Å²) in [5.41, 5.74) is 5.75. The van der Waals surface area contributed by atoms with Gasteiger partial charge >= 0.3 is 10.2 Å². The van der Waals surface area contributed by atoms with E-state index < -0.39 is 16.0 Å². The normalized spacial score (nSPS) is 20.9. The van der Waals surface area contributed by atoms with Crippen molar-refractivity contribution in [3.05, 3.63) is 29.0 Å². The number of hydrogen-bond acceptors (Lipinski definition) is 3. The lowest BCUT2D eigenvalue weighted by Gasteiger charge is -2.31. The summed E-state index contributed by atoms with van der Waals surface area (Å²) in [6.45, 7) is 1.30. The average molecular weight is 322 g/mol. The lowest BCUT2D eigenvalue weighted by Crippen LogP contribution is -2.44. The summed E-state index contributed by atoms with van der Waals surface area (Å²) in [6.07, 6.45) is 1.70. The number of nitrogens with one attached hydrogen (secondary N) is 1. The van der Waals surface area contributed by atoms with Crippen molar-refractivity contribution in [2.45, 2.75) is 12.8 Å². The molecule has 0 radical (unpaired) electrons. The number of nitrogens with two attached hydrogens (primary N) is 1. The van der Waals surface area contributed by atoms with Crippen LogP contribution in [-0.4, -0.2) is 32.4 Å². The van der Waals surface area contributed by atoms with Gasteiger partial charge in [0.05, 0.1) is 10.7 Å². The third-order valence-electron chi connectivity index (χ3n) is 3.32. The molecule has 5 nitrogen and oxygen atoms in total. The van der Waals surface area contributed by atoms with Crippen LogP contribution in [0.2, 0.25) is 5.02 Å². The van der Waals surface area contributed by atoms with Gasteiger partial charge in [0.15, 0.2) is 0 Å². The van der Waals surface area contributed by atoms with Crippen molar-refractivity contribution < 1.29 is 12.8 Å². The zero-order valence-electron chi connectivity index (χ0n) is 10.9. The van der Waals surface area contributed by atoms with E-state index in [1.54, 1.807) is 0 Å². The minimum absolute atomic E-state index is 0.0471. The van der Waals surface area contributed by atoms with Crippen molar-refractivity contribution in [2.24, 2.45) is 11.7 Å². The van der Waals surface area contributed by atoms with Crippen LogP contribution >= 0.6 is 11.6 Å². The predicted octanol–water partition coefficient (Wildman–Crippen LogP) is 1.81. The zero-order chi connectivity index (χ0) is 14.8. The Bertz CT molecular complexity index is 582. The molecule has 20 heavy (non-hydrogen) atoms. The van der Waals surface area contributed by atoms with E-state index in [0.29, 0.717) is 19.6 Å². The van der Waals surface area contributed by atoms with Crippen LogP contribution in [-0.2, 0) is 10.2 Å². The van der Waals surface area contributed by atoms with Gasteiger partial charge in [-0.2, -0.15) is 12.7 Å². The molecule has 3 N–H and O–H groups in total. The second-order valence-electron chi connectivity index (χ2n) is 4.84. The van der Waals surface area contributed by atoms with Crippen molar-refractivity contribution in [1.82, 2.24) is 4.31 Å². The molecule has 0 saturated carbocycles. The van der Waals surface area contributed by atoms with Crippen LogP contribution in [0.5, 0.6) is 0 Å². The third kappa shape index (κ3) is 3.60. The molecule has 0 spiro atoms. The maximum atomic E-state index is 13.3.